The van der Waals surface area contributed by atoms with Crippen molar-refractivity contribution < 1.29 is 0 Å². The second kappa shape index (κ2) is 6.17. The summed E-state index contributed by atoms with van der Waals surface area (Å²) < 4.78 is 0. The molecule has 1 N–H and O–H groups in total. The smallest absolute Gasteiger partial charge is 0.0412 e. The molecule has 2 fully saturated rings. The van der Waals surface area contributed by atoms with Gasteiger partial charge in [0, 0.05) is 31.4 Å². The van der Waals surface area contributed by atoms with Crippen LogP contribution in [0.1, 0.15) is 50.2 Å². The maximum absolute atomic E-state index is 3.67. The summed E-state index contributed by atoms with van der Waals surface area (Å²) in [6.45, 7) is 8.04. The van der Waals surface area contributed by atoms with Crippen molar-refractivity contribution in [3.05, 3.63) is 29.3 Å². The minimum atomic E-state index is 0.787. The van der Waals surface area contributed by atoms with Crippen LogP contribution >= 0.6 is 0 Å². The third kappa shape index (κ3) is 3.35. The summed E-state index contributed by atoms with van der Waals surface area (Å²) in [4.78, 5) is 2.61. The van der Waals surface area contributed by atoms with Gasteiger partial charge in [-0.05, 0) is 50.2 Å². The van der Waals surface area contributed by atoms with E-state index in [4.69, 9.17) is 0 Å². The van der Waals surface area contributed by atoms with E-state index in [1.54, 1.807) is 0 Å². The van der Waals surface area contributed by atoms with Gasteiger partial charge >= 0.3 is 0 Å². The molecule has 1 saturated heterocycles. The first-order valence-corrected chi connectivity index (χ1v) is 8.34. The Bertz CT molecular complexity index is 451. The molecule has 2 nitrogen and oxygen atoms in total. The van der Waals surface area contributed by atoms with Crippen molar-refractivity contribution in [2.45, 2.75) is 58.5 Å². The molecule has 110 valence electrons. The molecule has 1 aromatic carbocycles. The van der Waals surface area contributed by atoms with Crippen molar-refractivity contribution in [1.29, 1.82) is 0 Å². The van der Waals surface area contributed by atoms with Gasteiger partial charge in [0.15, 0.2) is 0 Å². The molecule has 0 radical (unpaired) electrons. The lowest BCUT2D eigenvalue weighted by Crippen LogP contribution is -2.23. The molecule has 2 heteroatoms. The first-order valence-electron chi connectivity index (χ1n) is 8.34. The van der Waals surface area contributed by atoms with E-state index in [9.17, 15) is 0 Å². The Hall–Kier alpha value is -1.02. The van der Waals surface area contributed by atoms with Gasteiger partial charge in [-0.3, -0.25) is 0 Å². The van der Waals surface area contributed by atoms with Crippen LogP contribution in [0.4, 0.5) is 5.69 Å². The summed E-state index contributed by atoms with van der Waals surface area (Å²) in [5, 5.41) is 3.67. The Labute approximate surface area is 123 Å². The molecular weight excluding hydrogens is 244 g/mol. The zero-order valence-electron chi connectivity index (χ0n) is 13.0. The van der Waals surface area contributed by atoms with E-state index >= 15 is 0 Å². The van der Waals surface area contributed by atoms with Crippen LogP contribution in [0.15, 0.2) is 18.2 Å². The lowest BCUT2D eigenvalue weighted by atomic mass is 10.0. The van der Waals surface area contributed by atoms with Gasteiger partial charge < -0.3 is 10.2 Å². The van der Waals surface area contributed by atoms with Gasteiger partial charge in [0.2, 0.25) is 0 Å². The quantitative estimate of drug-likeness (QED) is 0.845. The third-order valence-electron chi connectivity index (χ3n) is 4.72. The highest BCUT2D eigenvalue weighted by atomic mass is 15.2. The maximum Gasteiger partial charge on any atom is 0.0412 e. The molecule has 1 atom stereocenters. The molecule has 20 heavy (non-hydrogen) atoms. The summed E-state index contributed by atoms with van der Waals surface area (Å²) in [7, 11) is 0. The van der Waals surface area contributed by atoms with E-state index in [1.165, 1.54) is 62.0 Å². The van der Waals surface area contributed by atoms with Gasteiger partial charge in [0.25, 0.3) is 0 Å². The van der Waals surface area contributed by atoms with Crippen LogP contribution < -0.4 is 10.2 Å². The molecule has 1 saturated carbocycles. The van der Waals surface area contributed by atoms with Crippen molar-refractivity contribution in [2.24, 2.45) is 5.92 Å². The number of nitrogens with one attached hydrogen (secondary N) is 1. The van der Waals surface area contributed by atoms with Crippen LogP contribution in [0.2, 0.25) is 0 Å². The van der Waals surface area contributed by atoms with Crippen LogP contribution in [0, 0.1) is 12.8 Å². The third-order valence-corrected chi connectivity index (χ3v) is 4.72. The Morgan fingerprint density at radius 3 is 2.85 bits per heavy atom. The van der Waals surface area contributed by atoms with E-state index in [0.29, 0.717) is 0 Å². The average Bonchev–Trinajstić information content (AvgIpc) is 3.16. The number of nitrogens with zero attached hydrogens (tertiary/aromatic N) is 1. The molecule has 0 amide bonds. The summed E-state index contributed by atoms with van der Waals surface area (Å²) >= 11 is 0. The number of benzene rings is 1. The Morgan fingerprint density at radius 1 is 1.25 bits per heavy atom. The SMILES string of the molecule is CCCC1CCN(c2ccc(C)cc2CNC2CC2)C1. The van der Waals surface area contributed by atoms with E-state index < -0.39 is 0 Å². The second-order valence-electron chi connectivity index (χ2n) is 6.68. The van der Waals surface area contributed by atoms with Crippen LogP contribution in [0.25, 0.3) is 0 Å². The monoisotopic (exact) mass is 272 g/mol. The Kier molecular flexibility index (Phi) is 4.30. The van der Waals surface area contributed by atoms with Crippen LogP contribution in [-0.4, -0.2) is 19.1 Å². The molecule has 0 aromatic heterocycles. The summed E-state index contributed by atoms with van der Waals surface area (Å²) in [5.41, 5.74) is 4.35. The van der Waals surface area contributed by atoms with E-state index in [-0.39, 0.29) is 0 Å². The molecule has 1 aliphatic heterocycles. The number of aryl methyl sites for hydroxylation is 1. The number of hydrogen-bond donors (Lipinski definition) is 1. The van der Waals surface area contributed by atoms with Crippen LogP contribution in [-0.2, 0) is 6.54 Å². The standard InChI is InChI=1S/C18H28N2/c1-3-4-15-9-10-20(13-15)18-8-5-14(2)11-16(18)12-19-17-6-7-17/h5,8,11,15,17,19H,3-4,6-7,9-10,12-13H2,1-2H3. The molecule has 2 aliphatic rings. The molecule has 1 aliphatic carbocycles. The maximum atomic E-state index is 3.67. The first-order chi connectivity index (χ1) is 9.76. The highest BCUT2D eigenvalue weighted by molar-refractivity contribution is 5.55. The zero-order valence-corrected chi connectivity index (χ0v) is 13.0. The number of rotatable bonds is 6. The van der Waals surface area contributed by atoms with Gasteiger partial charge in [-0.15, -0.1) is 0 Å². The highest BCUT2D eigenvalue weighted by Gasteiger charge is 2.25. The van der Waals surface area contributed by atoms with Gasteiger partial charge in [-0.1, -0.05) is 31.0 Å². The predicted octanol–water partition coefficient (Wildman–Crippen LogP) is 3.87. The number of anilines is 1. The Balaban J connectivity index is 1.70. The molecule has 1 unspecified atom stereocenters. The van der Waals surface area contributed by atoms with Crippen LogP contribution in [0.5, 0.6) is 0 Å². The van der Waals surface area contributed by atoms with Gasteiger partial charge in [0.05, 0.1) is 0 Å². The van der Waals surface area contributed by atoms with Crippen molar-refractivity contribution >= 4 is 5.69 Å². The fourth-order valence-corrected chi connectivity index (χ4v) is 3.40. The van der Waals surface area contributed by atoms with Crippen molar-refractivity contribution in [3.8, 4) is 0 Å². The minimum absolute atomic E-state index is 0.787. The zero-order chi connectivity index (χ0) is 13.9. The van der Waals surface area contributed by atoms with Crippen LogP contribution in [0.3, 0.4) is 0 Å². The fourth-order valence-electron chi connectivity index (χ4n) is 3.40. The van der Waals surface area contributed by atoms with E-state index in [2.05, 4.69) is 42.3 Å². The normalized spacial score (nSPS) is 22.5. The predicted molar refractivity (Wildman–Crippen MR) is 86.3 cm³/mol. The lowest BCUT2D eigenvalue weighted by molar-refractivity contribution is 0.529. The van der Waals surface area contributed by atoms with Crippen molar-refractivity contribution in [3.63, 3.8) is 0 Å². The van der Waals surface area contributed by atoms with E-state index in [0.717, 1.165) is 18.5 Å². The van der Waals surface area contributed by atoms with Gasteiger partial charge in [-0.2, -0.15) is 0 Å². The highest BCUT2D eigenvalue weighted by Crippen LogP contribution is 2.30. The van der Waals surface area contributed by atoms with Crippen molar-refractivity contribution in [2.75, 3.05) is 18.0 Å². The topological polar surface area (TPSA) is 15.3 Å². The molecule has 1 heterocycles. The first kappa shape index (κ1) is 13.9. The fraction of sp³-hybridized carbons (Fsp3) is 0.667. The van der Waals surface area contributed by atoms with Gasteiger partial charge in [-0.25, -0.2) is 0 Å². The minimum Gasteiger partial charge on any atom is -0.371 e. The van der Waals surface area contributed by atoms with Gasteiger partial charge in [0.1, 0.15) is 0 Å². The summed E-state index contributed by atoms with van der Waals surface area (Å²) in [6, 6.07) is 7.77. The number of hydrogen-bond acceptors (Lipinski definition) is 2. The van der Waals surface area contributed by atoms with E-state index in [1.807, 2.05) is 0 Å². The molecule has 0 spiro atoms. The molecule has 1 aromatic rings. The summed E-state index contributed by atoms with van der Waals surface area (Å²) in [6.07, 6.45) is 6.81. The summed E-state index contributed by atoms with van der Waals surface area (Å²) in [5.74, 6) is 0.908. The molecular formula is C18H28N2. The van der Waals surface area contributed by atoms with Crippen molar-refractivity contribution in [1.82, 2.24) is 5.32 Å². The average molecular weight is 272 g/mol. The molecule has 3 rings (SSSR count). The second-order valence-corrected chi connectivity index (χ2v) is 6.68. The Morgan fingerprint density at radius 2 is 2.10 bits per heavy atom. The molecule has 0 bridgehead atoms. The largest absolute Gasteiger partial charge is 0.371 e. The lowest BCUT2D eigenvalue weighted by Gasteiger charge is -2.23.